The lowest BCUT2D eigenvalue weighted by atomic mass is 10.0. The number of piperidine rings is 1. The van der Waals surface area contributed by atoms with E-state index >= 15 is 0 Å². The summed E-state index contributed by atoms with van der Waals surface area (Å²) in [6.07, 6.45) is 0.549. The van der Waals surface area contributed by atoms with E-state index in [1.807, 2.05) is 4.90 Å². The van der Waals surface area contributed by atoms with Gasteiger partial charge in [0.25, 0.3) is 5.91 Å². The van der Waals surface area contributed by atoms with Crippen LogP contribution in [-0.2, 0) is 4.74 Å². The van der Waals surface area contributed by atoms with Gasteiger partial charge in [-0.1, -0.05) is 11.6 Å². The first kappa shape index (κ1) is 25.4. The summed E-state index contributed by atoms with van der Waals surface area (Å²) in [5.74, 6) is 0.0885. The van der Waals surface area contributed by atoms with E-state index in [0.717, 1.165) is 45.7 Å². The van der Waals surface area contributed by atoms with Crippen LogP contribution in [0.25, 0.3) is 0 Å². The molecule has 2 heterocycles. The van der Waals surface area contributed by atoms with Gasteiger partial charge in [0.15, 0.2) is 0 Å². The number of likely N-dealkylation sites (N-methyl/N-ethyl adjacent to an activating group) is 1. The van der Waals surface area contributed by atoms with E-state index in [-0.39, 0.29) is 24.1 Å². The number of amides is 3. The molecule has 184 valence electrons. The van der Waals surface area contributed by atoms with Crippen LogP contribution >= 0.6 is 11.6 Å². The minimum Gasteiger partial charge on any atom is -0.496 e. The van der Waals surface area contributed by atoms with Crippen molar-refractivity contribution in [3.05, 3.63) is 22.7 Å². The molecule has 2 atom stereocenters. The van der Waals surface area contributed by atoms with Crippen LogP contribution in [0.4, 0.5) is 10.5 Å². The van der Waals surface area contributed by atoms with E-state index in [1.165, 1.54) is 13.2 Å². The number of urea groups is 1. The molecule has 11 heteroatoms. The highest BCUT2D eigenvalue weighted by Crippen LogP contribution is 2.29. The van der Waals surface area contributed by atoms with E-state index in [2.05, 4.69) is 27.5 Å². The number of carbonyl (C=O) groups is 2. The summed E-state index contributed by atoms with van der Waals surface area (Å²) >= 11 is 6.10. The number of hydrogen-bond donors (Lipinski definition) is 3. The number of carbonyl (C=O) groups excluding carboxylic acids is 2. The predicted molar refractivity (Wildman–Crippen MR) is 128 cm³/mol. The van der Waals surface area contributed by atoms with Crippen LogP contribution in [0, 0.1) is 0 Å². The Labute approximate surface area is 200 Å². The van der Waals surface area contributed by atoms with Gasteiger partial charge in [0, 0.05) is 65.5 Å². The zero-order chi connectivity index (χ0) is 24.0. The molecule has 4 N–H and O–H groups in total. The first-order valence-electron chi connectivity index (χ1n) is 11.2. The highest BCUT2D eigenvalue weighted by atomic mass is 35.5. The van der Waals surface area contributed by atoms with Crippen molar-refractivity contribution in [2.75, 3.05) is 79.4 Å². The molecule has 2 aliphatic heterocycles. The summed E-state index contributed by atoms with van der Waals surface area (Å²) < 4.78 is 11.0. The smallest absolute Gasteiger partial charge is 0.317 e. The summed E-state index contributed by atoms with van der Waals surface area (Å²) in [6, 6.07) is 2.90. The molecule has 0 saturated carbocycles. The van der Waals surface area contributed by atoms with Crippen LogP contribution in [-0.4, -0.2) is 112 Å². The summed E-state index contributed by atoms with van der Waals surface area (Å²) in [4.78, 5) is 31.6. The normalized spacial score (nSPS) is 22.1. The molecule has 0 bridgehead atoms. The number of hydrogen-bond acceptors (Lipinski definition) is 7. The number of nitrogens with zero attached hydrogens (tertiary/aromatic N) is 3. The average Bonchev–Trinajstić information content (AvgIpc) is 2.81. The third kappa shape index (κ3) is 6.63. The van der Waals surface area contributed by atoms with E-state index < -0.39 is 0 Å². The monoisotopic (exact) mass is 482 g/mol. The number of methoxy groups -OCH3 is 2. The van der Waals surface area contributed by atoms with Gasteiger partial charge in [0.2, 0.25) is 0 Å². The number of nitrogens with one attached hydrogen (secondary N) is 2. The van der Waals surface area contributed by atoms with Crippen molar-refractivity contribution in [2.24, 2.45) is 0 Å². The van der Waals surface area contributed by atoms with Gasteiger partial charge in [-0.25, -0.2) is 4.79 Å². The van der Waals surface area contributed by atoms with Gasteiger partial charge in [-0.15, -0.1) is 0 Å². The summed E-state index contributed by atoms with van der Waals surface area (Å²) in [6.45, 7) is 6.04. The average molecular weight is 483 g/mol. The Morgan fingerprint density at radius 3 is 2.58 bits per heavy atom. The van der Waals surface area contributed by atoms with E-state index in [1.54, 1.807) is 13.2 Å². The fourth-order valence-electron chi connectivity index (χ4n) is 4.19. The maximum absolute atomic E-state index is 12.9. The van der Waals surface area contributed by atoms with E-state index in [4.69, 9.17) is 26.8 Å². The SMILES string of the molecule is COc1cc(N)c(Cl)cc1C(=O)N[C@H]1CCN(CCNC(=O)N2CCN(C)CC2)C[C@H]1OC. The van der Waals surface area contributed by atoms with Crippen molar-refractivity contribution >= 4 is 29.2 Å². The first-order chi connectivity index (χ1) is 15.8. The molecule has 1 aromatic rings. The van der Waals surface area contributed by atoms with Crippen molar-refractivity contribution in [2.45, 2.75) is 18.6 Å². The van der Waals surface area contributed by atoms with Gasteiger partial charge in [-0.2, -0.15) is 0 Å². The fourth-order valence-corrected chi connectivity index (χ4v) is 4.36. The Morgan fingerprint density at radius 1 is 1.18 bits per heavy atom. The molecule has 33 heavy (non-hydrogen) atoms. The minimum atomic E-state index is -0.284. The van der Waals surface area contributed by atoms with Crippen LogP contribution in [0.15, 0.2) is 12.1 Å². The molecule has 2 fully saturated rings. The molecule has 0 aliphatic carbocycles. The predicted octanol–water partition coefficient (Wildman–Crippen LogP) is 0.707. The molecule has 2 aliphatic rings. The zero-order valence-corrected chi connectivity index (χ0v) is 20.4. The molecule has 10 nitrogen and oxygen atoms in total. The third-order valence-corrected chi connectivity index (χ3v) is 6.65. The van der Waals surface area contributed by atoms with E-state index in [0.29, 0.717) is 35.1 Å². The number of benzene rings is 1. The number of nitrogens with two attached hydrogens (primary N) is 1. The Balaban J connectivity index is 1.48. The van der Waals surface area contributed by atoms with Crippen LogP contribution in [0.5, 0.6) is 5.75 Å². The summed E-state index contributed by atoms with van der Waals surface area (Å²) in [5.41, 5.74) is 6.50. The molecule has 0 spiro atoms. The molecule has 1 aromatic carbocycles. The van der Waals surface area contributed by atoms with Crippen LogP contribution in [0.2, 0.25) is 5.02 Å². The second-order valence-corrected chi connectivity index (χ2v) is 8.95. The highest BCUT2D eigenvalue weighted by Gasteiger charge is 2.31. The lowest BCUT2D eigenvalue weighted by Crippen LogP contribution is -2.56. The number of nitrogen functional groups attached to an aromatic ring is 1. The highest BCUT2D eigenvalue weighted by molar-refractivity contribution is 6.33. The van der Waals surface area contributed by atoms with Crippen LogP contribution in [0.1, 0.15) is 16.8 Å². The van der Waals surface area contributed by atoms with Gasteiger partial charge in [0.1, 0.15) is 5.75 Å². The van der Waals surface area contributed by atoms with Gasteiger partial charge >= 0.3 is 6.03 Å². The number of rotatable bonds is 7. The maximum Gasteiger partial charge on any atom is 0.317 e. The lowest BCUT2D eigenvalue weighted by Gasteiger charge is -2.38. The van der Waals surface area contributed by atoms with E-state index in [9.17, 15) is 9.59 Å². The molecule has 2 saturated heterocycles. The Morgan fingerprint density at radius 2 is 1.91 bits per heavy atom. The fraction of sp³-hybridized carbons (Fsp3) is 0.636. The van der Waals surface area contributed by atoms with Crippen molar-refractivity contribution in [1.82, 2.24) is 25.3 Å². The van der Waals surface area contributed by atoms with Crippen molar-refractivity contribution < 1.29 is 19.1 Å². The van der Waals surface area contributed by atoms with Gasteiger partial charge in [-0.05, 0) is 19.5 Å². The molecule has 3 amide bonds. The minimum absolute atomic E-state index is 0.00959. The summed E-state index contributed by atoms with van der Waals surface area (Å²) in [7, 11) is 5.19. The number of halogens is 1. The zero-order valence-electron chi connectivity index (χ0n) is 19.6. The van der Waals surface area contributed by atoms with Gasteiger partial charge < -0.3 is 35.6 Å². The number of piperazine rings is 1. The Kier molecular flexibility index (Phi) is 9.02. The quantitative estimate of drug-likeness (QED) is 0.490. The third-order valence-electron chi connectivity index (χ3n) is 6.32. The van der Waals surface area contributed by atoms with Gasteiger partial charge in [0.05, 0.1) is 35.5 Å². The second-order valence-electron chi connectivity index (χ2n) is 8.54. The maximum atomic E-state index is 12.9. The van der Waals surface area contributed by atoms with Crippen LogP contribution < -0.4 is 21.1 Å². The Hall–Kier alpha value is -2.27. The summed E-state index contributed by atoms with van der Waals surface area (Å²) in [5, 5.41) is 6.37. The lowest BCUT2D eigenvalue weighted by molar-refractivity contribution is 0.00686. The molecule has 3 rings (SSSR count). The molecule has 0 unspecified atom stereocenters. The van der Waals surface area contributed by atoms with Crippen LogP contribution in [0.3, 0.4) is 0 Å². The first-order valence-corrected chi connectivity index (χ1v) is 11.6. The molecular weight excluding hydrogens is 448 g/mol. The molecule has 0 aromatic heterocycles. The van der Waals surface area contributed by atoms with Gasteiger partial charge in [-0.3, -0.25) is 9.69 Å². The molecular formula is C22H35ClN6O4. The number of anilines is 1. The molecule has 0 radical (unpaired) electrons. The largest absolute Gasteiger partial charge is 0.496 e. The Bertz CT molecular complexity index is 833. The number of ether oxygens (including phenoxy) is 2. The van der Waals surface area contributed by atoms with Crippen molar-refractivity contribution in [1.29, 1.82) is 0 Å². The van der Waals surface area contributed by atoms with Crippen molar-refractivity contribution in [3.63, 3.8) is 0 Å². The second kappa shape index (κ2) is 11.7. The van der Waals surface area contributed by atoms with Crippen molar-refractivity contribution in [3.8, 4) is 5.75 Å². The topological polar surface area (TPSA) is 112 Å². The number of likely N-dealkylation sites (tertiary alicyclic amines) is 1. The standard InChI is InChI=1S/C22H35ClN6O4/c1-27-8-10-29(11-9-27)22(31)25-5-7-28-6-4-18(20(14-28)33-3)26-21(30)15-12-16(23)17(24)13-19(15)32-2/h12-13,18,20H,4-11,14,24H2,1-3H3,(H,25,31)(H,26,30)/t18-,20+/m0/s1.